The Kier molecular flexibility index (Phi) is 7.69. The van der Waals surface area contributed by atoms with Gasteiger partial charge in [-0.25, -0.2) is 0 Å². The van der Waals surface area contributed by atoms with Crippen molar-refractivity contribution in [2.75, 3.05) is 31.1 Å². The van der Waals surface area contributed by atoms with Crippen LogP contribution in [0.4, 0.5) is 0 Å². The molecule has 0 bridgehead atoms. The highest BCUT2D eigenvalue weighted by molar-refractivity contribution is 7.99. The second-order valence-electron chi connectivity index (χ2n) is 4.71. The molecule has 100 valence electrons. The minimum atomic E-state index is 0.277. The average molecular weight is 258 g/mol. The molecule has 0 aromatic carbocycles. The molecule has 0 aromatic heterocycles. The fourth-order valence-corrected chi connectivity index (χ4v) is 2.83. The highest BCUT2D eigenvalue weighted by Crippen LogP contribution is 2.08. The van der Waals surface area contributed by atoms with Gasteiger partial charge in [-0.05, 0) is 44.1 Å². The fourth-order valence-electron chi connectivity index (χ4n) is 2.02. The van der Waals surface area contributed by atoms with Crippen LogP contribution in [0.25, 0.3) is 0 Å². The van der Waals surface area contributed by atoms with E-state index in [0.717, 1.165) is 19.5 Å². The first-order chi connectivity index (χ1) is 8.24. The van der Waals surface area contributed by atoms with E-state index in [1.54, 1.807) is 0 Å². The third kappa shape index (κ3) is 6.32. The van der Waals surface area contributed by atoms with Gasteiger partial charge in [0.2, 0.25) is 5.91 Å². The van der Waals surface area contributed by atoms with Crippen molar-refractivity contribution in [2.24, 2.45) is 0 Å². The molecule has 0 radical (unpaired) electrons. The Labute approximate surface area is 110 Å². The molecule has 1 saturated heterocycles. The Bertz CT molecular complexity index is 217. The zero-order valence-corrected chi connectivity index (χ0v) is 12.0. The van der Waals surface area contributed by atoms with Crippen LogP contribution in [-0.2, 0) is 4.79 Å². The van der Waals surface area contributed by atoms with Gasteiger partial charge >= 0.3 is 0 Å². The molecule has 1 amide bonds. The van der Waals surface area contributed by atoms with Crippen molar-refractivity contribution >= 4 is 17.7 Å². The largest absolute Gasteiger partial charge is 0.342 e. The predicted octanol–water partition coefficient (Wildman–Crippen LogP) is 2.12. The van der Waals surface area contributed by atoms with Crippen molar-refractivity contribution < 1.29 is 4.79 Å². The molecule has 1 heterocycles. The number of rotatable bonds is 7. The number of carbonyl (C=O) groups excluding carboxylic acids is 1. The number of carbonyl (C=O) groups is 1. The van der Waals surface area contributed by atoms with Crippen LogP contribution in [0.5, 0.6) is 0 Å². The monoisotopic (exact) mass is 258 g/mol. The number of hydrogen-bond acceptors (Lipinski definition) is 3. The van der Waals surface area contributed by atoms with Crippen molar-refractivity contribution in [1.82, 2.24) is 10.2 Å². The Morgan fingerprint density at radius 3 is 2.71 bits per heavy atom. The lowest BCUT2D eigenvalue weighted by atomic mass is 10.1. The van der Waals surface area contributed by atoms with Crippen molar-refractivity contribution in [3.8, 4) is 0 Å². The number of thioether (sulfide) groups is 1. The van der Waals surface area contributed by atoms with Crippen LogP contribution in [0.15, 0.2) is 0 Å². The highest BCUT2D eigenvalue weighted by Gasteiger charge is 2.16. The van der Waals surface area contributed by atoms with Crippen LogP contribution in [0.3, 0.4) is 0 Å². The molecular weight excluding hydrogens is 232 g/mol. The quantitative estimate of drug-likeness (QED) is 0.710. The van der Waals surface area contributed by atoms with Gasteiger partial charge in [-0.15, -0.1) is 0 Å². The first kappa shape index (κ1) is 14.8. The van der Waals surface area contributed by atoms with Crippen LogP contribution < -0.4 is 5.32 Å². The SMILES string of the molecule is CCSCCC(C)NCC(=O)N1CCCCC1. The summed E-state index contributed by atoms with van der Waals surface area (Å²) in [5.41, 5.74) is 0. The molecule has 17 heavy (non-hydrogen) atoms. The Morgan fingerprint density at radius 1 is 1.35 bits per heavy atom. The topological polar surface area (TPSA) is 32.3 Å². The van der Waals surface area contributed by atoms with Gasteiger partial charge in [0.05, 0.1) is 6.54 Å². The number of likely N-dealkylation sites (tertiary alicyclic amines) is 1. The lowest BCUT2D eigenvalue weighted by molar-refractivity contribution is -0.131. The Hall–Kier alpha value is -0.220. The van der Waals surface area contributed by atoms with Crippen LogP contribution in [0.1, 0.15) is 39.5 Å². The highest BCUT2D eigenvalue weighted by atomic mass is 32.2. The molecule has 4 heteroatoms. The standard InChI is InChI=1S/C13H26N2OS/c1-3-17-10-7-12(2)14-11-13(16)15-8-5-4-6-9-15/h12,14H,3-11H2,1-2H3. The summed E-state index contributed by atoms with van der Waals surface area (Å²) in [6.45, 7) is 6.78. The zero-order valence-electron chi connectivity index (χ0n) is 11.2. The van der Waals surface area contributed by atoms with Crippen molar-refractivity contribution in [1.29, 1.82) is 0 Å². The van der Waals surface area contributed by atoms with Gasteiger partial charge in [0.25, 0.3) is 0 Å². The molecule has 0 aliphatic carbocycles. The van der Waals surface area contributed by atoms with E-state index in [1.165, 1.54) is 30.8 Å². The molecule has 1 aliphatic heterocycles. The zero-order chi connectivity index (χ0) is 12.5. The van der Waals surface area contributed by atoms with Gasteiger partial charge in [-0.2, -0.15) is 11.8 Å². The van der Waals surface area contributed by atoms with Gasteiger partial charge in [-0.1, -0.05) is 6.92 Å². The van der Waals surface area contributed by atoms with Crippen LogP contribution in [0, 0.1) is 0 Å². The molecule has 0 saturated carbocycles. The normalized spacial score (nSPS) is 18.1. The van der Waals surface area contributed by atoms with Crippen molar-refractivity contribution in [3.63, 3.8) is 0 Å². The Morgan fingerprint density at radius 2 is 2.06 bits per heavy atom. The van der Waals surface area contributed by atoms with E-state index in [4.69, 9.17) is 0 Å². The number of nitrogens with zero attached hydrogens (tertiary/aromatic N) is 1. The lowest BCUT2D eigenvalue weighted by Crippen LogP contribution is -2.43. The van der Waals surface area contributed by atoms with E-state index >= 15 is 0 Å². The van der Waals surface area contributed by atoms with Gasteiger partial charge < -0.3 is 10.2 Å². The minimum absolute atomic E-state index is 0.277. The summed E-state index contributed by atoms with van der Waals surface area (Å²) in [4.78, 5) is 13.9. The smallest absolute Gasteiger partial charge is 0.236 e. The lowest BCUT2D eigenvalue weighted by Gasteiger charge is -2.27. The molecule has 3 nitrogen and oxygen atoms in total. The number of hydrogen-bond donors (Lipinski definition) is 1. The van der Waals surface area contributed by atoms with Crippen LogP contribution in [0.2, 0.25) is 0 Å². The molecule has 0 spiro atoms. The molecule has 1 aliphatic rings. The van der Waals surface area contributed by atoms with Gasteiger partial charge in [0.15, 0.2) is 0 Å². The maximum absolute atomic E-state index is 11.9. The molecule has 1 unspecified atom stereocenters. The van der Waals surface area contributed by atoms with E-state index in [1.807, 2.05) is 16.7 Å². The van der Waals surface area contributed by atoms with Crippen LogP contribution >= 0.6 is 11.8 Å². The predicted molar refractivity (Wildman–Crippen MR) is 75.5 cm³/mol. The van der Waals surface area contributed by atoms with Gasteiger partial charge in [0, 0.05) is 19.1 Å². The summed E-state index contributed by atoms with van der Waals surface area (Å²) >= 11 is 1.96. The number of amides is 1. The molecule has 1 N–H and O–H groups in total. The first-order valence-electron chi connectivity index (χ1n) is 6.83. The number of nitrogens with one attached hydrogen (secondary N) is 1. The maximum Gasteiger partial charge on any atom is 0.236 e. The van der Waals surface area contributed by atoms with E-state index in [-0.39, 0.29) is 5.91 Å². The average Bonchev–Trinajstić information content (AvgIpc) is 2.37. The minimum Gasteiger partial charge on any atom is -0.342 e. The van der Waals surface area contributed by atoms with Crippen molar-refractivity contribution in [2.45, 2.75) is 45.6 Å². The first-order valence-corrected chi connectivity index (χ1v) is 7.98. The summed E-state index contributed by atoms with van der Waals surface area (Å²) in [5, 5.41) is 3.33. The fraction of sp³-hybridized carbons (Fsp3) is 0.923. The Balaban J connectivity index is 2.09. The van der Waals surface area contributed by atoms with Gasteiger partial charge in [-0.3, -0.25) is 4.79 Å². The number of piperidine rings is 1. The summed E-state index contributed by atoms with van der Waals surface area (Å²) in [6.07, 6.45) is 4.77. The summed E-state index contributed by atoms with van der Waals surface area (Å²) < 4.78 is 0. The van der Waals surface area contributed by atoms with Gasteiger partial charge in [0.1, 0.15) is 0 Å². The van der Waals surface area contributed by atoms with Crippen LogP contribution in [-0.4, -0.2) is 48.0 Å². The van der Waals surface area contributed by atoms with E-state index in [9.17, 15) is 4.79 Å². The molecule has 1 fully saturated rings. The van der Waals surface area contributed by atoms with E-state index in [0.29, 0.717) is 12.6 Å². The second-order valence-corrected chi connectivity index (χ2v) is 6.10. The molecule has 1 rings (SSSR count). The summed E-state index contributed by atoms with van der Waals surface area (Å²) in [5.74, 6) is 2.64. The molecular formula is C13H26N2OS. The second kappa shape index (κ2) is 8.81. The summed E-state index contributed by atoms with van der Waals surface area (Å²) in [7, 11) is 0. The van der Waals surface area contributed by atoms with E-state index < -0.39 is 0 Å². The summed E-state index contributed by atoms with van der Waals surface area (Å²) in [6, 6.07) is 0.447. The molecule has 1 atom stereocenters. The molecule has 0 aromatic rings. The third-order valence-electron chi connectivity index (χ3n) is 3.21. The maximum atomic E-state index is 11.9. The van der Waals surface area contributed by atoms with Crippen molar-refractivity contribution in [3.05, 3.63) is 0 Å². The third-order valence-corrected chi connectivity index (χ3v) is 4.14. The van der Waals surface area contributed by atoms with E-state index in [2.05, 4.69) is 19.2 Å².